The van der Waals surface area contributed by atoms with E-state index in [1.165, 1.54) is 30.5 Å². The first-order chi connectivity index (χ1) is 14.2. The van der Waals surface area contributed by atoms with Crippen LogP contribution in [0.15, 0.2) is 42.6 Å². The van der Waals surface area contributed by atoms with Gasteiger partial charge in [-0.05, 0) is 49.1 Å². The minimum atomic E-state index is -4.52. The first kappa shape index (κ1) is 20.3. The fourth-order valence-electron chi connectivity index (χ4n) is 4.04. The number of piperidine rings is 1. The van der Waals surface area contributed by atoms with Crippen molar-refractivity contribution in [3.63, 3.8) is 0 Å². The number of carbonyl (C=O) groups excluding carboxylic acids is 1. The van der Waals surface area contributed by atoms with E-state index in [4.69, 9.17) is 0 Å². The van der Waals surface area contributed by atoms with Gasteiger partial charge in [0.05, 0.1) is 16.8 Å². The molecule has 1 amide bonds. The molecule has 2 aromatic rings. The molecular formula is C22H21F4N3O. The topological polar surface area (TPSA) is 44.4 Å². The second kappa shape index (κ2) is 7.66. The third-order valence-corrected chi connectivity index (χ3v) is 5.46. The van der Waals surface area contributed by atoms with Crippen molar-refractivity contribution in [2.45, 2.75) is 25.9 Å². The second-order valence-electron chi connectivity index (χ2n) is 7.74. The summed E-state index contributed by atoms with van der Waals surface area (Å²) in [7, 11) is 0. The van der Waals surface area contributed by atoms with Crippen molar-refractivity contribution in [3.05, 3.63) is 59.5 Å². The van der Waals surface area contributed by atoms with Gasteiger partial charge in [-0.25, -0.2) is 4.39 Å². The third kappa shape index (κ3) is 3.86. The number of rotatable bonds is 3. The molecular weight excluding hydrogens is 398 g/mol. The van der Waals surface area contributed by atoms with Gasteiger partial charge < -0.3 is 15.5 Å². The van der Waals surface area contributed by atoms with Crippen molar-refractivity contribution in [2.24, 2.45) is 5.92 Å². The number of hydrogen-bond acceptors (Lipinski definition) is 3. The molecule has 2 N–H and O–H groups in total. The van der Waals surface area contributed by atoms with Gasteiger partial charge in [0.25, 0.3) is 5.91 Å². The Morgan fingerprint density at radius 1 is 1.23 bits per heavy atom. The highest BCUT2D eigenvalue weighted by atomic mass is 19.4. The van der Waals surface area contributed by atoms with Crippen LogP contribution in [0.25, 0.3) is 5.57 Å². The molecule has 1 saturated heterocycles. The van der Waals surface area contributed by atoms with Gasteiger partial charge in [0.1, 0.15) is 5.82 Å². The maximum absolute atomic E-state index is 14.1. The largest absolute Gasteiger partial charge is 0.418 e. The SMILES string of the molecule is CC1CCCN(c2ccc(NC=C3C(=O)Nc4cccc(F)c43)cc2C(F)(F)F)C1. The van der Waals surface area contributed by atoms with E-state index in [-0.39, 0.29) is 22.5 Å². The van der Waals surface area contributed by atoms with Crippen LogP contribution in [-0.4, -0.2) is 19.0 Å². The summed E-state index contributed by atoms with van der Waals surface area (Å²) in [5, 5.41) is 5.27. The Balaban J connectivity index is 1.65. The van der Waals surface area contributed by atoms with Crippen LogP contribution >= 0.6 is 0 Å². The van der Waals surface area contributed by atoms with Crippen LogP contribution in [0.5, 0.6) is 0 Å². The van der Waals surface area contributed by atoms with E-state index >= 15 is 0 Å². The quantitative estimate of drug-likeness (QED) is 0.511. The van der Waals surface area contributed by atoms with Crippen molar-refractivity contribution in [3.8, 4) is 0 Å². The number of carbonyl (C=O) groups is 1. The van der Waals surface area contributed by atoms with E-state index in [0.29, 0.717) is 24.7 Å². The molecule has 2 heterocycles. The summed E-state index contributed by atoms with van der Waals surface area (Å²) in [4.78, 5) is 13.9. The average molecular weight is 419 g/mol. The summed E-state index contributed by atoms with van der Waals surface area (Å²) in [5.41, 5.74) is 0.0556. The first-order valence-electron chi connectivity index (χ1n) is 9.77. The molecule has 0 saturated carbocycles. The summed E-state index contributed by atoms with van der Waals surface area (Å²) < 4.78 is 55.4. The molecule has 30 heavy (non-hydrogen) atoms. The van der Waals surface area contributed by atoms with Gasteiger partial charge in [-0.1, -0.05) is 13.0 Å². The minimum absolute atomic E-state index is 0.0330. The summed E-state index contributed by atoms with van der Waals surface area (Å²) in [6.07, 6.45) is -1.43. The molecule has 1 unspecified atom stereocenters. The summed E-state index contributed by atoms with van der Waals surface area (Å²) in [6, 6.07) is 8.28. The van der Waals surface area contributed by atoms with Gasteiger partial charge in [-0.2, -0.15) is 13.2 Å². The zero-order valence-corrected chi connectivity index (χ0v) is 16.3. The van der Waals surface area contributed by atoms with Gasteiger partial charge in [-0.15, -0.1) is 0 Å². The monoisotopic (exact) mass is 419 g/mol. The number of alkyl halides is 3. The summed E-state index contributed by atoms with van der Waals surface area (Å²) >= 11 is 0. The fourth-order valence-corrected chi connectivity index (χ4v) is 4.04. The Kier molecular flexibility index (Phi) is 5.17. The van der Waals surface area contributed by atoms with Gasteiger partial charge in [0.2, 0.25) is 0 Å². The molecule has 1 atom stereocenters. The van der Waals surface area contributed by atoms with Crippen molar-refractivity contribution in [2.75, 3.05) is 28.6 Å². The van der Waals surface area contributed by atoms with Crippen molar-refractivity contribution in [1.82, 2.24) is 0 Å². The van der Waals surface area contributed by atoms with Crippen LogP contribution in [-0.2, 0) is 11.0 Å². The van der Waals surface area contributed by atoms with Crippen LogP contribution in [0.2, 0.25) is 0 Å². The van der Waals surface area contributed by atoms with E-state index in [0.717, 1.165) is 18.9 Å². The molecule has 4 nitrogen and oxygen atoms in total. The Morgan fingerprint density at radius 3 is 2.77 bits per heavy atom. The van der Waals surface area contributed by atoms with Gasteiger partial charge in [0, 0.05) is 36.2 Å². The molecule has 0 spiro atoms. The van der Waals surface area contributed by atoms with Crippen LogP contribution < -0.4 is 15.5 Å². The highest BCUT2D eigenvalue weighted by molar-refractivity contribution is 6.31. The van der Waals surface area contributed by atoms with Crippen LogP contribution in [0.1, 0.15) is 30.9 Å². The number of hydrogen-bond donors (Lipinski definition) is 2. The van der Waals surface area contributed by atoms with Crippen LogP contribution in [0.4, 0.5) is 34.6 Å². The molecule has 158 valence electrons. The predicted molar refractivity (Wildman–Crippen MR) is 109 cm³/mol. The molecule has 0 aliphatic carbocycles. The van der Waals surface area contributed by atoms with E-state index in [9.17, 15) is 22.4 Å². The Bertz CT molecular complexity index is 1020. The number of amides is 1. The highest BCUT2D eigenvalue weighted by Crippen LogP contribution is 2.40. The molecule has 0 bridgehead atoms. The average Bonchev–Trinajstić information content (AvgIpc) is 3.02. The number of anilines is 3. The molecule has 0 radical (unpaired) electrons. The van der Waals surface area contributed by atoms with Crippen molar-refractivity contribution >= 4 is 28.5 Å². The Labute approximate surface area is 171 Å². The first-order valence-corrected chi connectivity index (χ1v) is 9.77. The van der Waals surface area contributed by atoms with E-state index < -0.39 is 23.5 Å². The van der Waals surface area contributed by atoms with Gasteiger partial charge in [-0.3, -0.25) is 4.79 Å². The Morgan fingerprint density at radius 2 is 2.03 bits per heavy atom. The van der Waals surface area contributed by atoms with E-state index in [1.54, 1.807) is 11.0 Å². The summed E-state index contributed by atoms with van der Waals surface area (Å²) in [6.45, 7) is 3.20. The number of nitrogens with one attached hydrogen (secondary N) is 2. The van der Waals surface area contributed by atoms with E-state index in [2.05, 4.69) is 10.6 Å². The molecule has 1 fully saturated rings. The van der Waals surface area contributed by atoms with Crippen molar-refractivity contribution in [1.29, 1.82) is 0 Å². The summed E-state index contributed by atoms with van der Waals surface area (Å²) in [5.74, 6) is -0.764. The minimum Gasteiger partial charge on any atom is -0.371 e. The lowest BCUT2D eigenvalue weighted by atomic mass is 9.98. The smallest absolute Gasteiger partial charge is 0.371 e. The predicted octanol–water partition coefficient (Wildman–Crippen LogP) is 5.49. The van der Waals surface area contributed by atoms with Crippen LogP contribution in [0.3, 0.4) is 0 Å². The second-order valence-corrected chi connectivity index (χ2v) is 7.74. The van der Waals surface area contributed by atoms with Gasteiger partial charge in [0.15, 0.2) is 0 Å². The molecule has 8 heteroatoms. The number of nitrogens with zero attached hydrogens (tertiary/aromatic N) is 1. The Hall–Kier alpha value is -3.03. The van der Waals surface area contributed by atoms with Crippen LogP contribution in [0, 0.1) is 11.7 Å². The standard InChI is InChI=1S/C22H21F4N3O/c1-13-4-3-9-29(12-13)19-8-7-14(10-16(19)22(24,25)26)27-11-15-20-17(23)5-2-6-18(20)28-21(15)30/h2,5-8,10-11,13,27H,3-4,9,12H2,1H3,(H,28,30). The lowest BCUT2D eigenvalue weighted by Gasteiger charge is -2.34. The number of halogens is 4. The number of benzene rings is 2. The van der Waals surface area contributed by atoms with E-state index in [1.807, 2.05) is 6.92 Å². The van der Waals surface area contributed by atoms with Gasteiger partial charge >= 0.3 is 6.18 Å². The molecule has 2 aromatic carbocycles. The third-order valence-electron chi connectivity index (χ3n) is 5.46. The highest BCUT2D eigenvalue weighted by Gasteiger charge is 2.36. The maximum Gasteiger partial charge on any atom is 0.418 e. The number of fused-ring (bicyclic) bond motifs is 1. The fraction of sp³-hybridized carbons (Fsp3) is 0.318. The maximum atomic E-state index is 14.1. The molecule has 0 aromatic heterocycles. The zero-order valence-electron chi connectivity index (χ0n) is 16.3. The lowest BCUT2D eigenvalue weighted by Crippen LogP contribution is -2.35. The zero-order chi connectivity index (χ0) is 21.5. The molecule has 2 aliphatic rings. The lowest BCUT2D eigenvalue weighted by molar-refractivity contribution is -0.137. The van der Waals surface area contributed by atoms with Crippen molar-refractivity contribution < 1.29 is 22.4 Å². The normalized spacial score (nSPS) is 20.3. The molecule has 4 rings (SSSR count). The molecule has 2 aliphatic heterocycles.